The lowest BCUT2D eigenvalue weighted by atomic mass is 10.0. The van der Waals surface area contributed by atoms with E-state index in [0.717, 1.165) is 12.1 Å². The van der Waals surface area contributed by atoms with Crippen LogP contribution in [0.2, 0.25) is 0 Å². The number of rotatable bonds is 12. The summed E-state index contributed by atoms with van der Waals surface area (Å²) in [5.41, 5.74) is 0.814. The summed E-state index contributed by atoms with van der Waals surface area (Å²) in [5, 5.41) is 18.9. The first kappa shape index (κ1) is 29.4. The van der Waals surface area contributed by atoms with Crippen LogP contribution in [0.3, 0.4) is 0 Å². The van der Waals surface area contributed by atoms with Crippen molar-refractivity contribution >= 4 is 37.8 Å². The van der Waals surface area contributed by atoms with Gasteiger partial charge in [-0.3, -0.25) is 14.4 Å². The summed E-state index contributed by atoms with van der Waals surface area (Å²) in [6.07, 6.45) is 0.838. The molecule has 4 N–H and O–H groups in total. The van der Waals surface area contributed by atoms with E-state index in [1.165, 1.54) is 24.3 Å². The molecule has 2 aromatic rings. The van der Waals surface area contributed by atoms with Crippen LogP contribution in [0.4, 0.5) is 0 Å². The predicted octanol–water partition coefficient (Wildman–Crippen LogP) is 2.45. The van der Waals surface area contributed by atoms with Crippen LogP contribution in [0, 0.1) is 11.8 Å². The van der Waals surface area contributed by atoms with E-state index >= 15 is 0 Å². The zero-order chi connectivity index (χ0) is 28.6. The van der Waals surface area contributed by atoms with E-state index in [4.69, 9.17) is 0 Å². The van der Waals surface area contributed by atoms with E-state index in [-0.39, 0.29) is 20.9 Å². The Kier molecular flexibility index (Phi) is 8.46. The lowest BCUT2D eigenvalue weighted by Crippen LogP contribution is -2.44. The van der Waals surface area contributed by atoms with Crippen LogP contribution in [0.15, 0.2) is 46.2 Å². The molecule has 4 atom stereocenters. The van der Waals surface area contributed by atoms with Crippen molar-refractivity contribution in [2.75, 3.05) is 0 Å². The van der Waals surface area contributed by atoms with Crippen LogP contribution >= 0.6 is 0 Å². The number of hydrogen-bond acceptors (Lipinski definition) is 7. The van der Waals surface area contributed by atoms with Gasteiger partial charge in [-0.15, -0.1) is 0 Å². The van der Waals surface area contributed by atoms with Crippen LogP contribution in [0.1, 0.15) is 56.5 Å². The summed E-state index contributed by atoms with van der Waals surface area (Å²) >= 11 is 0. The van der Waals surface area contributed by atoms with Crippen LogP contribution in [0.5, 0.6) is 0 Å². The molecule has 1 aliphatic rings. The average Bonchev–Trinajstić information content (AvgIpc) is 3.15. The fraction of sp³-hybridized carbons (Fsp3) is 0.400. The molecule has 0 bridgehead atoms. The maximum Gasteiger partial charge on any atom is 0.322 e. The summed E-state index contributed by atoms with van der Waals surface area (Å²) in [6.45, 7) is 6.67. The highest BCUT2D eigenvalue weighted by Crippen LogP contribution is 2.38. The molecule has 13 heteroatoms. The van der Waals surface area contributed by atoms with Gasteiger partial charge in [-0.1, -0.05) is 52.7 Å². The van der Waals surface area contributed by atoms with Gasteiger partial charge < -0.3 is 10.2 Å². The van der Waals surface area contributed by atoms with Gasteiger partial charge in [-0.2, -0.15) is 9.44 Å². The minimum Gasteiger partial charge on any atom is -0.480 e. The predicted molar refractivity (Wildman–Crippen MR) is 138 cm³/mol. The Morgan fingerprint density at radius 3 is 1.34 bits per heavy atom. The summed E-state index contributed by atoms with van der Waals surface area (Å²) < 4.78 is 56.2. The molecule has 0 amide bonds. The fourth-order valence-corrected chi connectivity index (χ4v) is 6.78. The smallest absolute Gasteiger partial charge is 0.322 e. The third-order valence-electron chi connectivity index (χ3n) is 6.90. The first-order chi connectivity index (χ1) is 17.6. The lowest BCUT2D eigenvalue weighted by Gasteiger charge is -2.20. The summed E-state index contributed by atoms with van der Waals surface area (Å²) in [4.78, 5) is 35.8. The fourth-order valence-electron chi connectivity index (χ4n) is 4.13. The van der Waals surface area contributed by atoms with Gasteiger partial charge in [-0.25, -0.2) is 16.8 Å². The number of benzene rings is 2. The lowest BCUT2D eigenvalue weighted by molar-refractivity contribution is -0.141. The van der Waals surface area contributed by atoms with Crippen LogP contribution in [-0.2, 0) is 29.6 Å². The molecule has 0 aromatic heterocycles. The van der Waals surface area contributed by atoms with E-state index in [0.29, 0.717) is 24.0 Å². The third kappa shape index (κ3) is 5.65. The van der Waals surface area contributed by atoms with Gasteiger partial charge in [0.15, 0.2) is 5.78 Å². The molecule has 38 heavy (non-hydrogen) atoms. The number of sulfonamides is 2. The van der Waals surface area contributed by atoms with Crippen molar-refractivity contribution in [3.63, 3.8) is 0 Å². The van der Waals surface area contributed by atoms with Gasteiger partial charge in [0.25, 0.3) is 0 Å². The number of fused-ring (bicyclic) bond motifs is 3. The number of carboxylic acid groups (broad SMARTS) is 2. The van der Waals surface area contributed by atoms with Gasteiger partial charge in [0, 0.05) is 11.1 Å². The molecule has 4 unspecified atom stereocenters. The van der Waals surface area contributed by atoms with Crippen LogP contribution in [0.25, 0.3) is 11.1 Å². The van der Waals surface area contributed by atoms with E-state index in [1.807, 2.05) is 0 Å². The Morgan fingerprint density at radius 1 is 0.711 bits per heavy atom. The number of aliphatic carboxylic acids is 2. The van der Waals surface area contributed by atoms with E-state index < -0.39 is 61.7 Å². The van der Waals surface area contributed by atoms with Gasteiger partial charge >= 0.3 is 11.9 Å². The third-order valence-corrected chi connectivity index (χ3v) is 9.78. The number of hydrogen-bond donors (Lipinski definition) is 4. The van der Waals surface area contributed by atoms with E-state index in [2.05, 4.69) is 9.44 Å². The molecule has 0 saturated heterocycles. The molecule has 0 radical (unpaired) electrons. The van der Waals surface area contributed by atoms with Crippen molar-refractivity contribution in [2.24, 2.45) is 11.8 Å². The number of carbonyl (C=O) groups is 3. The van der Waals surface area contributed by atoms with Crippen LogP contribution < -0.4 is 9.44 Å². The monoisotopic (exact) mass is 566 g/mol. The maximum atomic E-state index is 13.2. The van der Waals surface area contributed by atoms with Crippen molar-refractivity contribution < 1.29 is 41.4 Å². The highest BCUT2D eigenvalue weighted by Gasteiger charge is 2.34. The summed E-state index contributed by atoms with van der Waals surface area (Å²) in [7, 11) is -8.60. The number of nitrogens with one attached hydrogen (secondary N) is 2. The van der Waals surface area contributed by atoms with Crippen molar-refractivity contribution in [3.05, 3.63) is 47.5 Å². The molecule has 0 saturated carbocycles. The van der Waals surface area contributed by atoms with Gasteiger partial charge in [0.1, 0.15) is 12.1 Å². The highest BCUT2D eigenvalue weighted by molar-refractivity contribution is 7.89. The minimum absolute atomic E-state index is 0.0174. The molecule has 0 heterocycles. The first-order valence-electron chi connectivity index (χ1n) is 12.0. The van der Waals surface area contributed by atoms with E-state index in [1.54, 1.807) is 27.7 Å². The quantitative estimate of drug-likeness (QED) is 0.256. The van der Waals surface area contributed by atoms with Gasteiger partial charge in [-0.05, 0) is 47.2 Å². The second kappa shape index (κ2) is 10.9. The van der Waals surface area contributed by atoms with Crippen molar-refractivity contribution in [2.45, 2.75) is 62.4 Å². The standard InChI is InChI=1S/C25H30N2O9S2/c1-5-13(3)21(24(29)30)26-37(33,34)15-7-9-17-18-10-8-16(12-20(18)23(28)19(17)11-15)38(35,36)27-22(25(31)32)14(4)6-2/h7-14,21-22,26-27H,5-6H2,1-4H3,(H,29,30)(H,31,32). The molecule has 0 spiro atoms. The Bertz CT molecular complexity index is 1390. The van der Waals surface area contributed by atoms with Crippen molar-refractivity contribution in [1.29, 1.82) is 0 Å². The summed E-state index contributed by atoms with van der Waals surface area (Å²) in [6, 6.07) is 4.83. The molecule has 11 nitrogen and oxygen atoms in total. The number of ketones is 1. The topological polar surface area (TPSA) is 184 Å². The second-order valence-electron chi connectivity index (χ2n) is 9.39. The Labute approximate surface area is 221 Å². The second-order valence-corrected chi connectivity index (χ2v) is 12.8. The molecule has 0 fully saturated rings. The highest BCUT2D eigenvalue weighted by atomic mass is 32.2. The molecule has 1 aliphatic carbocycles. The Morgan fingerprint density at radius 2 is 1.05 bits per heavy atom. The normalized spacial score (nSPS) is 16.3. The van der Waals surface area contributed by atoms with Crippen molar-refractivity contribution in [1.82, 2.24) is 9.44 Å². The minimum atomic E-state index is -4.30. The Balaban J connectivity index is 1.96. The largest absolute Gasteiger partial charge is 0.480 e. The zero-order valence-electron chi connectivity index (χ0n) is 21.3. The van der Waals surface area contributed by atoms with Gasteiger partial charge in [0.2, 0.25) is 20.0 Å². The first-order valence-corrected chi connectivity index (χ1v) is 14.9. The molecular weight excluding hydrogens is 536 g/mol. The number of carboxylic acids is 2. The molecule has 206 valence electrons. The summed E-state index contributed by atoms with van der Waals surface area (Å²) in [5.74, 6) is -4.24. The number of carbonyl (C=O) groups excluding carboxylic acids is 1. The van der Waals surface area contributed by atoms with E-state index in [9.17, 15) is 41.4 Å². The molecule has 0 aliphatic heterocycles. The van der Waals surface area contributed by atoms with Crippen LogP contribution in [-0.4, -0.2) is 56.9 Å². The molecular formula is C25H30N2O9S2. The average molecular weight is 567 g/mol. The zero-order valence-corrected chi connectivity index (χ0v) is 22.9. The molecule has 2 aromatic carbocycles. The maximum absolute atomic E-state index is 13.2. The molecule has 3 rings (SSSR count). The SMILES string of the molecule is CCC(C)C(NS(=O)(=O)c1ccc2c(c1)C(=O)c1cc(S(=O)(=O)NC(C(=O)O)C(C)CC)ccc1-2)C(=O)O. The van der Waals surface area contributed by atoms with Gasteiger partial charge in [0.05, 0.1) is 9.79 Å². The van der Waals surface area contributed by atoms with Crippen molar-refractivity contribution in [3.8, 4) is 11.1 Å². The Hall–Kier alpha value is -3.13.